The van der Waals surface area contributed by atoms with Crippen LogP contribution >= 0.6 is 0 Å². The van der Waals surface area contributed by atoms with Gasteiger partial charge in [0.05, 0.1) is 32.5 Å². The van der Waals surface area contributed by atoms with Crippen LogP contribution in [0.3, 0.4) is 0 Å². The van der Waals surface area contributed by atoms with E-state index in [4.69, 9.17) is 14.2 Å². The predicted molar refractivity (Wildman–Crippen MR) is 104 cm³/mol. The van der Waals surface area contributed by atoms with E-state index in [1.165, 1.54) is 21.3 Å². The molecule has 0 unspecified atom stereocenters. The van der Waals surface area contributed by atoms with Gasteiger partial charge in [0.15, 0.2) is 11.5 Å². The third-order valence-electron chi connectivity index (χ3n) is 4.08. The van der Waals surface area contributed by atoms with Crippen molar-refractivity contribution in [3.05, 3.63) is 53.7 Å². The van der Waals surface area contributed by atoms with E-state index in [9.17, 15) is 4.79 Å². The van der Waals surface area contributed by atoms with Crippen LogP contribution < -0.4 is 25.1 Å². The third kappa shape index (κ3) is 3.72. The lowest BCUT2D eigenvalue weighted by molar-refractivity contribution is 0.0962. The zero-order valence-corrected chi connectivity index (χ0v) is 15.6. The molecule has 0 bridgehead atoms. The molecular weight excluding hydrogens is 346 g/mol. The van der Waals surface area contributed by atoms with Gasteiger partial charge in [0.1, 0.15) is 0 Å². The average molecular weight is 367 g/mol. The Hall–Kier alpha value is -3.48. The molecule has 2 N–H and O–H groups in total. The molecule has 2 aromatic carbocycles. The number of ether oxygens (including phenoxy) is 3. The minimum Gasteiger partial charge on any atom is -0.493 e. The van der Waals surface area contributed by atoms with E-state index in [0.717, 1.165) is 22.3 Å². The number of hydrogen-bond donors (Lipinski definition) is 2. The predicted octanol–water partition coefficient (Wildman–Crippen LogP) is 3.33. The molecule has 0 aliphatic carbocycles. The van der Waals surface area contributed by atoms with Crippen molar-refractivity contribution in [2.24, 2.45) is 0 Å². The number of aromatic nitrogens is 1. The van der Waals surface area contributed by atoms with Crippen molar-refractivity contribution in [3.63, 3.8) is 0 Å². The van der Waals surface area contributed by atoms with Gasteiger partial charge in [-0.2, -0.15) is 0 Å². The molecule has 7 heteroatoms. The minimum absolute atomic E-state index is 0.340. The number of rotatable bonds is 6. The summed E-state index contributed by atoms with van der Waals surface area (Å²) < 4.78 is 15.9. The van der Waals surface area contributed by atoms with Crippen LogP contribution in [0.1, 0.15) is 16.1 Å². The summed E-state index contributed by atoms with van der Waals surface area (Å²) >= 11 is 0. The standard InChI is InChI=1S/C20H21N3O4/c1-12-9-16(14-7-5-6-8-15(14)21-12)22-23-20(24)13-10-17(25-2)19(27-4)18(11-13)26-3/h5-11H,1-4H3,(H,21,22)(H,23,24). The smallest absolute Gasteiger partial charge is 0.269 e. The second kappa shape index (κ2) is 7.82. The fraction of sp³-hybridized carbons (Fsp3) is 0.200. The van der Waals surface area contributed by atoms with Crippen LogP contribution in [-0.2, 0) is 0 Å². The van der Waals surface area contributed by atoms with Gasteiger partial charge in [0.25, 0.3) is 5.91 Å². The fourth-order valence-corrected chi connectivity index (χ4v) is 2.82. The Kier molecular flexibility index (Phi) is 5.30. The number of nitrogens with one attached hydrogen (secondary N) is 2. The van der Waals surface area contributed by atoms with E-state index in [1.54, 1.807) is 12.1 Å². The Morgan fingerprint density at radius 1 is 0.963 bits per heavy atom. The van der Waals surface area contributed by atoms with Crippen molar-refractivity contribution in [1.29, 1.82) is 0 Å². The normalized spacial score (nSPS) is 10.4. The summed E-state index contributed by atoms with van der Waals surface area (Å²) in [7, 11) is 4.52. The summed E-state index contributed by atoms with van der Waals surface area (Å²) in [6.45, 7) is 1.90. The number of nitrogens with zero attached hydrogens (tertiary/aromatic N) is 1. The van der Waals surface area contributed by atoms with Crippen LogP contribution in [0, 0.1) is 6.92 Å². The first kappa shape index (κ1) is 18.3. The van der Waals surface area contributed by atoms with E-state index in [0.29, 0.717) is 22.8 Å². The second-order valence-corrected chi connectivity index (χ2v) is 5.82. The first-order valence-corrected chi connectivity index (χ1v) is 8.30. The molecule has 0 saturated carbocycles. The van der Waals surface area contributed by atoms with E-state index in [1.807, 2.05) is 37.3 Å². The molecule has 3 aromatic rings. The van der Waals surface area contributed by atoms with Crippen molar-refractivity contribution in [2.75, 3.05) is 26.8 Å². The number of fused-ring (bicyclic) bond motifs is 1. The third-order valence-corrected chi connectivity index (χ3v) is 4.08. The van der Waals surface area contributed by atoms with Crippen LogP contribution in [0.4, 0.5) is 5.69 Å². The van der Waals surface area contributed by atoms with Gasteiger partial charge < -0.3 is 14.2 Å². The van der Waals surface area contributed by atoms with Gasteiger partial charge in [0, 0.05) is 16.6 Å². The summed E-state index contributed by atoms with van der Waals surface area (Å²) in [6.07, 6.45) is 0. The molecule has 1 aromatic heterocycles. The molecule has 0 aliphatic rings. The first-order chi connectivity index (χ1) is 13.1. The maximum absolute atomic E-state index is 12.6. The molecule has 140 valence electrons. The molecule has 0 fully saturated rings. The van der Waals surface area contributed by atoms with Crippen LogP contribution in [0.25, 0.3) is 10.9 Å². The fourth-order valence-electron chi connectivity index (χ4n) is 2.82. The molecule has 7 nitrogen and oxygen atoms in total. The van der Waals surface area contributed by atoms with Gasteiger partial charge in [0.2, 0.25) is 5.75 Å². The van der Waals surface area contributed by atoms with Crippen LogP contribution in [0.2, 0.25) is 0 Å². The van der Waals surface area contributed by atoms with Gasteiger partial charge in [-0.25, -0.2) is 0 Å². The summed E-state index contributed by atoms with van der Waals surface area (Å²) in [5.41, 5.74) is 8.51. The van der Waals surface area contributed by atoms with E-state index in [-0.39, 0.29) is 5.91 Å². The highest BCUT2D eigenvalue weighted by atomic mass is 16.5. The van der Waals surface area contributed by atoms with Crippen molar-refractivity contribution in [1.82, 2.24) is 10.4 Å². The summed E-state index contributed by atoms with van der Waals surface area (Å²) in [6, 6.07) is 12.8. The minimum atomic E-state index is -0.340. The lowest BCUT2D eigenvalue weighted by atomic mass is 10.1. The lowest BCUT2D eigenvalue weighted by Crippen LogP contribution is -2.29. The zero-order valence-electron chi connectivity index (χ0n) is 15.6. The van der Waals surface area contributed by atoms with Gasteiger partial charge in [-0.3, -0.25) is 20.6 Å². The molecule has 1 heterocycles. The number of amides is 1. The Balaban J connectivity index is 1.87. The Morgan fingerprint density at radius 2 is 1.63 bits per heavy atom. The van der Waals surface area contributed by atoms with E-state index in [2.05, 4.69) is 15.8 Å². The highest BCUT2D eigenvalue weighted by Gasteiger charge is 2.17. The number of methoxy groups -OCH3 is 3. The summed E-state index contributed by atoms with van der Waals surface area (Å²) in [5.74, 6) is 0.910. The monoisotopic (exact) mass is 367 g/mol. The number of hydrogen-bond acceptors (Lipinski definition) is 6. The number of para-hydroxylation sites is 1. The van der Waals surface area contributed by atoms with Crippen molar-refractivity contribution in [3.8, 4) is 17.2 Å². The van der Waals surface area contributed by atoms with E-state index < -0.39 is 0 Å². The summed E-state index contributed by atoms with van der Waals surface area (Å²) in [5, 5.41) is 0.910. The Bertz CT molecular complexity index is 963. The number of anilines is 1. The number of carbonyl (C=O) groups is 1. The maximum atomic E-state index is 12.6. The molecule has 3 rings (SSSR count). The van der Waals surface area contributed by atoms with Crippen molar-refractivity contribution >= 4 is 22.5 Å². The molecule has 0 atom stereocenters. The molecular formula is C20H21N3O4. The number of carbonyl (C=O) groups excluding carboxylic acids is 1. The number of hydrazine groups is 1. The highest BCUT2D eigenvalue weighted by molar-refractivity contribution is 5.98. The lowest BCUT2D eigenvalue weighted by Gasteiger charge is -2.15. The molecule has 27 heavy (non-hydrogen) atoms. The number of benzene rings is 2. The van der Waals surface area contributed by atoms with Gasteiger partial charge in [-0.1, -0.05) is 18.2 Å². The van der Waals surface area contributed by atoms with Crippen LogP contribution in [0.15, 0.2) is 42.5 Å². The highest BCUT2D eigenvalue weighted by Crippen LogP contribution is 2.38. The zero-order chi connectivity index (χ0) is 19.4. The first-order valence-electron chi connectivity index (χ1n) is 8.30. The van der Waals surface area contributed by atoms with E-state index >= 15 is 0 Å². The number of pyridine rings is 1. The van der Waals surface area contributed by atoms with Crippen molar-refractivity contribution < 1.29 is 19.0 Å². The molecule has 0 saturated heterocycles. The average Bonchev–Trinajstić information content (AvgIpc) is 2.70. The Labute approximate surface area is 157 Å². The summed E-state index contributed by atoms with van der Waals surface area (Å²) in [4.78, 5) is 17.1. The van der Waals surface area contributed by atoms with Crippen LogP contribution in [-0.4, -0.2) is 32.2 Å². The van der Waals surface area contributed by atoms with Crippen LogP contribution in [0.5, 0.6) is 17.2 Å². The number of aryl methyl sites for hydroxylation is 1. The maximum Gasteiger partial charge on any atom is 0.269 e. The quantitative estimate of drug-likeness (QED) is 0.651. The molecule has 0 spiro atoms. The largest absolute Gasteiger partial charge is 0.493 e. The second-order valence-electron chi connectivity index (χ2n) is 5.82. The topological polar surface area (TPSA) is 81.7 Å². The Morgan fingerprint density at radius 3 is 2.26 bits per heavy atom. The molecule has 1 amide bonds. The SMILES string of the molecule is COc1cc(C(=O)NNc2cc(C)nc3ccccc23)cc(OC)c1OC. The molecule has 0 radical (unpaired) electrons. The van der Waals surface area contributed by atoms with Gasteiger partial charge in [-0.05, 0) is 31.2 Å². The molecule has 0 aliphatic heterocycles. The van der Waals surface area contributed by atoms with Crippen molar-refractivity contribution in [2.45, 2.75) is 6.92 Å². The van der Waals surface area contributed by atoms with Gasteiger partial charge in [-0.15, -0.1) is 0 Å². The van der Waals surface area contributed by atoms with Gasteiger partial charge >= 0.3 is 0 Å².